The van der Waals surface area contributed by atoms with E-state index in [0.717, 1.165) is 0 Å². The van der Waals surface area contributed by atoms with Crippen LogP contribution in [-0.4, -0.2) is 21.2 Å². The molecule has 0 spiro atoms. The monoisotopic (exact) mass is 212 g/mol. The lowest BCUT2D eigenvalue weighted by atomic mass is 9.86. The third kappa shape index (κ3) is 2.89. The maximum atomic E-state index is 12.8. The SMILES string of the molecule is CC(C)(O)C(C)(C)Nc1ccnc(F)c1. The maximum Gasteiger partial charge on any atom is 0.214 e. The molecule has 1 aromatic rings. The molecule has 2 N–H and O–H groups in total. The third-order valence-corrected chi connectivity index (χ3v) is 2.71. The van der Waals surface area contributed by atoms with E-state index in [2.05, 4.69) is 10.3 Å². The Morgan fingerprint density at radius 1 is 1.33 bits per heavy atom. The largest absolute Gasteiger partial charge is 0.388 e. The minimum absolute atomic E-state index is 0.536. The molecule has 0 bridgehead atoms. The highest BCUT2D eigenvalue weighted by molar-refractivity contribution is 5.44. The number of halogens is 1. The van der Waals surface area contributed by atoms with Gasteiger partial charge in [0.05, 0.1) is 11.1 Å². The number of aliphatic hydroxyl groups is 1. The number of aromatic nitrogens is 1. The lowest BCUT2D eigenvalue weighted by molar-refractivity contribution is 0.0240. The Bertz CT molecular complexity index is 345. The number of rotatable bonds is 3. The highest BCUT2D eigenvalue weighted by atomic mass is 19.1. The van der Waals surface area contributed by atoms with Crippen molar-refractivity contribution in [3.8, 4) is 0 Å². The van der Waals surface area contributed by atoms with E-state index in [0.29, 0.717) is 5.69 Å². The summed E-state index contributed by atoms with van der Waals surface area (Å²) in [4.78, 5) is 3.46. The summed E-state index contributed by atoms with van der Waals surface area (Å²) in [5.41, 5.74) is -0.859. The molecule has 0 aromatic carbocycles. The highest BCUT2D eigenvalue weighted by Gasteiger charge is 2.34. The van der Waals surface area contributed by atoms with E-state index in [-0.39, 0.29) is 0 Å². The fourth-order valence-corrected chi connectivity index (χ4v) is 0.994. The van der Waals surface area contributed by atoms with Crippen molar-refractivity contribution >= 4 is 5.69 Å². The van der Waals surface area contributed by atoms with Crippen molar-refractivity contribution < 1.29 is 9.50 Å². The summed E-state index contributed by atoms with van der Waals surface area (Å²) in [6.45, 7) is 7.12. The van der Waals surface area contributed by atoms with E-state index in [4.69, 9.17) is 0 Å². The van der Waals surface area contributed by atoms with E-state index >= 15 is 0 Å². The predicted molar refractivity (Wildman–Crippen MR) is 58.2 cm³/mol. The fraction of sp³-hybridized carbons (Fsp3) is 0.545. The standard InChI is InChI=1S/C11H17FN2O/c1-10(2,11(3,4)15)14-8-5-6-13-9(12)7-8/h5-7,15H,1-4H3,(H,13,14). The Morgan fingerprint density at radius 2 is 1.93 bits per heavy atom. The first-order valence-corrected chi connectivity index (χ1v) is 4.84. The van der Waals surface area contributed by atoms with Crippen molar-refractivity contribution in [1.82, 2.24) is 4.98 Å². The van der Waals surface area contributed by atoms with Gasteiger partial charge in [-0.25, -0.2) is 4.98 Å². The van der Waals surface area contributed by atoms with Crippen LogP contribution in [0.2, 0.25) is 0 Å². The number of hydrogen-bond acceptors (Lipinski definition) is 3. The molecule has 1 aromatic heterocycles. The van der Waals surface area contributed by atoms with Crippen LogP contribution in [0.5, 0.6) is 0 Å². The molecule has 0 atom stereocenters. The van der Waals surface area contributed by atoms with Crippen LogP contribution in [0.1, 0.15) is 27.7 Å². The van der Waals surface area contributed by atoms with Crippen LogP contribution >= 0.6 is 0 Å². The molecule has 4 heteroatoms. The van der Waals surface area contributed by atoms with Gasteiger partial charge in [-0.2, -0.15) is 4.39 Å². The quantitative estimate of drug-likeness (QED) is 0.755. The summed E-state index contributed by atoms with van der Waals surface area (Å²) in [5, 5.41) is 13.0. The zero-order valence-electron chi connectivity index (χ0n) is 9.50. The Morgan fingerprint density at radius 3 is 2.40 bits per heavy atom. The van der Waals surface area contributed by atoms with Crippen molar-refractivity contribution in [3.63, 3.8) is 0 Å². The van der Waals surface area contributed by atoms with Crippen molar-refractivity contribution in [2.45, 2.75) is 38.8 Å². The van der Waals surface area contributed by atoms with Gasteiger partial charge in [-0.05, 0) is 33.8 Å². The molecular formula is C11H17FN2O. The molecule has 0 aliphatic carbocycles. The first-order chi connectivity index (χ1) is 6.72. The van der Waals surface area contributed by atoms with Gasteiger partial charge in [-0.15, -0.1) is 0 Å². The average molecular weight is 212 g/mol. The molecule has 0 unspecified atom stereocenters. The van der Waals surface area contributed by atoms with E-state index in [1.807, 2.05) is 13.8 Å². The second-order valence-corrected chi connectivity index (χ2v) is 4.68. The van der Waals surface area contributed by atoms with Gasteiger partial charge in [0.1, 0.15) is 0 Å². The highest BCUT2D eigenvalue weighted by Crippen LogP contribution is 2.25. The molecule has 1 rings (SSSR count). The van der Waals surface area contributed by atoms with Gasteiger partial charge in [-0.1, -0.05) is 0 Å². The molecule has 0 saturated carbocycles. The summed E-state index contributed by atoms with van der Waals surface area (Å²) >= 11 is 0. The van der Waals surface area contributed by atoms with Crippen LogP contribution in [0.25, 0.3) is 0 Å². The summed E-state index contributed by atoms with van der Waals surface area (Å²) in [6, 6.07) is 2.96. The zero-order chi connectivity index (χ0) is 11.7. The summed E-state index contributed by atoms with van der Waals surface area (Å²) in [6.07, 6.45) is 1.39. The number of hydrogen-bond donors (Lipinski definition) is 2. The topological polar surface area (TPSA) is 45.1 Å². The summed E-state index contributed by atoms with van der Waals surface area (Å²) < 4.78 is 12.8. The molecule has 3 nitrogen and oxygen atoms in total. The minimum atomic E-state index is -0.910. The second kappa shape index (κ2) is 3.77. The van der Waals surface area contributed by atoms with Crippen molar-refractivity contribution in [2.75, 3.05) is 5.32 Å². The normalized spacial score (nSPS) is 12.7. The van der Waals surface area contributed by atoms with Crippen LogP contribution in [0.4, 0.5) is 10.1 Å². The van der Waals surface area contributed by atoms with E-state index < -0.39 is 17.1 Å². The van der Waals surface area contributed by atoms with E-state index in [1.54, 1.807) is 19.9 Å². The molecule has 0 radical (unpaired) electrons. The Hall–Kier alpha value is -1.16. The molecule has 0 aliphatic heterocycles. The van der Waals surface area contributed by atoms with Crippen molar-refractivity contribution in [2.24, 2.45) is 0 Å². The van der Waals surface area contributed by atoms with Crippen LogP contribution in [0, 0.1) is 5.95 Å². The molecule has 1 heterocycles. The fourth-order valence-electron chi connectivity index (χ4n) is 0.994. The molecule has 0 saturated heterocycles. The van der Waals surface area contributed by atoms with Crippen LogP contribution in [-0.2, 0) is 0 Å². The average Bonchev–Trinajstić information content (AvgIpc) is 2.00. The van der Waals surface area contributed by atoms with Gasteiger partial charge >= 0.3 is 0 Å². The summed E-state index contributed by atoms with van der Waals surface area (Å²) in [7, 11) is 0. The second-order valence-electron chi connectivity index (χ2n) is 4.68. The number of nitrogens with zero attached hydrogens (tertiary/aromatic N) is 1. The molecule has 15 heavy (non-hydrogen) atoms. The first kappa shape index (κ1) is 11.9. The van der Waals surface area contributed by atoms with Gasteiger partial charge in [0.2, 0.25) is 5.95 Å². The first-order valence-electron chi connectivity index (χ1n) is 4.84. The lowest BCUT2D eigenvalue weighted by Gasteiger charge is -2.38. The number of pyridine rings is 1. The Labute approximate surface area is 89.4 Å². The van der Waals surface area contributed by atoms with Crippen molar-refractivity contribution in [1.29, 1.82) is 0 Å². The summed E-state index contributed by atoms with van der Waals surface area (Å²) in [5.74, 6) is -0.536. The van der Waals surface area contributed by atoms with Crippen molar-refractivity contribution in [3.05, 3.63) is 24.3 Å². The zero-order valence-corrected chi connectivity index (χ0v) is 9.50. The Kier molecular flexibility index (Phi) is 3.00. The molecule has 0 fully saturated rings. The molecule has 84 valence electrons. The van der Waals surface area contributed by atoms with Gasteiger partial charge in [0, 0.05) is 18.0 Å². The minimum Gasteiger partial charge on any atom is -0.388 e. The van der Waals surface area contributed by atoms with E-state index in [1.165, 1.54) is 12.3 Å². The van der Waals surface area contributed by atoms with Gasteiger partial charge in [0.25, 0.3) is 0 Å². The number of nitrogens with one attached hydrogen (secondary N) is 1. The molecule has 0 amide bonds. The number of anilines is 1. The van der Waals surface area contributed by atoms with E-state index in [9.17, 15) is 9.50 Å². The van der Waals surface area contributed by atoms with Gasteiger partial charge in [-0.3, -0.25) is 0 Å². The van der Waals surface area contributed by atoms with Crippen LogP contribution in [0.15, 0.2) is 18.3 Å². The van der Waals surface area contributed by atoms with Gasteiger partial charge < -0.3 is 10.4 Å². The van der Waals surface area contributed by atoms with Crippen LogP contribution in [0.3, 0.4) is 0 Å². The Balaban J connectivity index is 2.87. The van der Waals surface area contributed by atoms with Gasteiger partial charge in [0.15, 0.2) is 0 Å². The molecule has 0 aliphatic rings. The third-order valence-electron chi connectivity index (χ3n) is 2.71. The molecular weight excluding hydrogens is 195 g/mol. The smallest absolute Gasteiger partial charge is 0.214 e. The predicted octanol–water partition coefficient (Wildman–Crippen LogP) is 2.18. The maximum absolute atomic E-state index is 12.8. The van der Waals surface area contributed by atoms with Crippen LogP contribution < -0.4 is 5.32 Å². The lowest BCUT2D eigenvalue weighted by Crippen LogP contribution is -2.51.